The molecule has 2 aliphatic carbocycles. The first-order chi connectivity index (χ1) is 13.7. The largest absolute Gasteiger partial charge is 0.383 e. The number of nitrogens with zero attached hydrogens (tertiary/aromatic N) is 2. The molecule has 0 unspecified atom stereocenters. The van der Waals surface area contributed by atoms with Gasteiger partial charge in [-0.1, -0.05) is 37.1 Å². The molecule has 154 valence electrons. The third kappa shape index (κ3) is 4.60. The van der Waals surface area contributed by atoms with E-state index in [4.69, 9.17) is 4.74 Å². The summed E-state index contributed by atoms with van der Waals surface area (Å²) in [7, 11) is 1.73. The molecule has 0 bridgehead atoms. The normalized spacial score (nSPS) is 23.8. The fourth-order valence-corrected chi connectivity index (χ4v) is 5.61. The van der Waals surface area contributed by atoms with Gasteiger partial charge in [-0.3, -0.25) is 9.69 Å². The lowest BCUT2D eigenvalue weighted by molar-refractivity contribution is -0.137. The Kier molecular flexibility index (Phi) is 6.69. The van der Waals surface area contributed by atoms with E-state index < -0.39 is 0 Å². The Morgan fingerprint density at radius 2 is 1.82 bits per heavy atom. The van der Waals surface area contributed by atoms with Crippen molar-refractivity contribution in [1.29, 1.82) is 0 Å². The fraction of sp³-hybridized carbons (Fsp3) is 0.708. The average Bonchev–Trinajstić information content (AvgIpc) is 3.40. The van der Waals surface area contributed by atoms with Crippen LogP contribution in [-0.4, -0.2) is 61.6 Å². The van der Waals surface area contributed by atoms with Crippen molar-refractivity contribution >= 4 is 5.91 Å². The zero-order valence-electron chi connectivity index (χ0n) is 17.4. The summed E-state index contributed by atoms with van der Waals surface area (Å²) in [5.74, 6) is 1.25. The summed E-state index contributed by atoms with van der Waals surface area (Å²) in [5.41, 5.74) is 3.07. The molecule has 1 aromatic rings. The van der Waals surface area contributed by atoms with Gasteiger partial charge in [-0.25, -0.2) is 0 Å². The van der Waals surface area contributed by atoms with Gasteiger partial charge in [0.05, 0.1) is 6.61 Å². The van der Waals surface area contributed by atoms with Gasteiger partial charge in [0.15, 0.2) is 0 Å². The number of amides is 1. The zero-order chi connectivity index (χ0) is 19.3. The maximum atomic E-state index is 13.1. The van der Waals surface area contributed by atoms with Gasteiger partial charge in [-0.15, -0.1) is 0 Å². The molecule has 1 heterocycles. The van der Waals surface area contributed by atoms with Crippen molar-refractivity contribution in [3.63, 3.8) is 0 Å². The molecule has 28 heavy (non-hydrogen) atoms. The number of methoxy groups -OCH3 is 1. The fourth-order valence-electron chi connectivity index (χ4n) is 5.61. The number of hydrogen-bond donors (Lipinski definition) is 0. The van der Waals surface area contributed by atoms with Crippen LogP contribution in [0.2, 0.25) is 0 Å². The van der Waals surface area contributed by atoms with Crippen LogP contribution in [0, 0.1) is 11.8 Å². The molecule has 1 atom stereocenters. The summed E-state index contributed by atoms with van der Waals surface area (Å²) in [4.78, 5) is 17.9. The minimum atomic E-state index is 0.265. The summed E-state index contributed by atoms with van der Waals surface area (Å²) in [6.07, 6.45) is 9.49. The number of fused-ring (bicyclic) bond motifs is 1. The monoisotopic (exact) mass is 384 g/mol. The molecule has 1 aromatic carbocycles. The SMILES string of the molecule is COCCN(C[C@H]1CCCN(C2Cc3ccccc3C2)C1)C(=O)C1CCCC1. The lowest BCUT2D eigenvalue weighted by Gasteiger charge is -2.39. The van der Waals surface area contributed by atoms with Crippen LogP contribution in [0.25, 0.3) is 0 Å². The Morgan fingerprint density at radius 3 is 2.50 bits per heavy atom. The smallest absolute Gasteiger partial charge is 0.225 e. The number of carbonyl (C=O) groups is 1. The minimum absolute atomic E-state index is 0.265. The summed E-state index contributed by atoms with van der Waals surface area (Å²) in [5, 5.41) is 0. The molecule has 0 radical (unpaired) electrons. The van der Waals surface area contributed by atoms with Crippen molar-refractivity contribution in [1.82, 2.24) is 9.80 Å². The topological polar surface area (TPSA) is 32.8 Å². The van der Waals surface area contributed by atoms with Gasteiger partial charge < -0.3 is 9.64 Å². The Bertz CT molecular complexity index is 631. The highest BCUT2D eigenvalue weighted by atomic mass is 16.5. The maximum Gasteiger partial charge on any atom is 0.225 e. The van der Waals surface area contributed by atoms with Crippen LogP contribution in [0.5, 0.6) is 0 Å². The molecule has 1 saturated heterocycles. The van der Waals surface area contributed by atoms with E-state index in [1.54, 1.807) is 7.11 Å². The molecular formula is C24H36N2O2. The van der Waals surface area contributed by atoms with Gasteiger partial charge in [-0.05, 0) is 62.1 Å². The first kappa shape index (κ1) is 19.9. The lowest BCUT2D eigenvalue weighted by Crippen LogP contribution is -2.48. The standard InChI is InChI=1S/C24H36N2O2/c1-28-14-13-26(24(27)20-8-2-3-9-20)18-19-7-6-12-25(17-19)23-15-21-10-4-5-11-22(21)16-23/h4-5,10-11,19-20,23H,2-3,6-9,12-18H2,1H3/t19-/m0/s1. The molecule has 3 aliphatic rings. The van der Waals surface area contributed by atoms with E-state index in [9.17, 15) is 4.79 Å². The quantitative estimate of drug-likeness (QED) is 0.721. The number of benzene rings is 1. The molecule has 1 amide bonds. The summed E-state index contributed by atoms with van der Waals surface area (Å²) in [6, 6.07) is 9.58. The number of ether oxygens (including phenoxy) is 1. The van der Waals surface area contributed by atoms with Crippen molar-refractivity contribution in [2.45, 2.75) is 57.4 Å². The van der Waals surface area contributed by atoms with Gasteiger partial charge in [0.2, 0.25) is 5.91 Å². The van der Waals surface area contributed by atoms with E-state index in [0.717, 1.165) is 32.5 Å². The van der Waals surface area contributed by atoms with Crippen molar-refractivity contribution in [2.24, 2.45) is 11.8 Å². The predicted molar refractivity (Wildman–Crippen MR) is 112 cm³/mol. The Labute approximate surface area is 170 Å². The zero-order valence-corrected chi connectivity index (χ0v) is 17.4. The minimum Gasteiger partial charge on any atom is -0.383 e. The van der Waals surface area contributed by atoms with E-state index in [-0.39, 0.29) is 5.92 Å². The molecule has 4 nitrogen and oxygen atoms in total. The Morgan fingerprint density at radius 1 is 1.11 bits per heavy atom. The van der Waals surface area contributed by atoms with E-state index >= 15 is 0 Å². The highest BCUT2D eigenvalue weighted by Gasteiger charge is 2.33. The number of piperidine rings is 1. The van der Waals surface area contributed by atoms with Crippen molar-refractivity contribution in [3.8, 4) is 0 Å². The molecule has 4 heteroatoms. The third-order valence-electron chi connectivity index (χ3n) is 7.16. The van der Waals surface area contributed by atoms with Crippen LogP contribution in [0.3, 0.4) is 0 Å². The van der Waals surface area contributed by atoms with Crippen LogP contribution < -0.4 is 0 Å². The molecule has 4 rings (SSSR count). The van der Waals surface area contributed by atoms with E-state index in [0.29, 0.717) is 24.5 Å². The number of hydrogen-bond acceptors (Lipinski definition) is 3. The molecule has 1 saturated carbocycles. The van der Waals surface area contributed by atoms with Crippen molar-refractivity contribution < 1.29 is 9.53 Å². The Hall–Kier alpha value is -1.39. The van der Waals surface area contributed by atoms with Gasteiger partial charge >= 0.3 is 0 Å². The highest BCUT2D eigenvalue weighted by molar-refractivity contribution is 5.79. The maximum absolute atomic E-state index is 13.1. The lowest BCUT2D eigenvalue weighted by atomic mass is 9.94. The molecule has 1 aliphatic heterocycles. The van der Waals surface area contributed by atoms with E-state index in [2.05, 4.69) is 34.1 Å². The second-order valence-corrected chi connectivity index (χ2v) is 9.09. The van der Waals surface area contributed by atoms with Crippen LogP contribution in [0.4, 0.5) is 0 Å². The first-order valence-electron chi connectivity index (χ1n) is 11.3. The van der Waals surface area contributed by atoms with Crippen LogP contribution >= 0.6 is 0 Å². The molecule has 0 spiro atoms. The molecular weight excluding hydrogens is 348 g/mol. The van der Waals surface area contributed by atoms with E-state index in [1.807, 2.05) is 0 Å². The van der Waals surface area contributed by atoms with Gasteiger partial charge in [-0.2, -0.15) is 0 Å². The number of likely N-dealkylation sites (tertiary alicyclic amines) is 1. The van der Waals surface area contributed by atoms with Crippen LogP contribution in [0.15, 0.2) is 24.3 Å². The second-order valence-electron chi connectivity index (χ2n) is 9.09. The summed E-state index contributed by atoms with van der Waals surface area (Å²) >= 11 is 0. The van der Waals surface area contributed by atoms with Crippen LogP contribution in [-0.2, 0) is 22.4 Å². The molecule has 2 fully saturated rings. The summed E-state index contributed by atoms with van der Waals surface area (Å²) in [6.45, 7) is 4.66. The second kappa shape index (κ2) is 9.41. The van der Waals surface area contributed by atoms with Crippen LogP contribution in [0.1, 0.15) is 49.7 Å². The van der Waals surface area contributed by atoms with Crippen molar-refractivity contribution in [3.05, 3.63) is 35.4 Å². The predicted octanol–water partition coefficient (Wildman–Crippen LogP) is 3.53. The highest BCUT2D eigenvalue weighted by Crippen LogP contribution is 2.30. The first-order valence-corrected chi connectivity index (χ1v) is 11.3. The van der Waals surface area contributed by atoms with Gasteiger partial charge in [0.1, 0.15) is 0 Å². The molecule has 0 aromatic heterocycles. The van der Waals surface area contributed by atoms with E-state index in [1.165, 1.54) is 56.2 Å². The molecule has 0 N–H and O–H groups in total. The van der Waals surface area contributed by atoms with Gasteiger partial charge in [0, 0.05) is 38.7 Å². The summed E-state index contributed by atoms with van der Waals surface area (Å²) < 4.78 is 5.31. The van der Waals surface area contributed by atoms with Crippen molar-refractivity contribution in [2.75, 3.05) is 39.9 Å². The number of carbonyl (C=O) groups excluding carboxylic acids is 1. The van der Waals surface area contributed by atoms with Gasteiger partial charge in [0.25, 0.3) is 0 Å². The average molecular weight is 385 g/mol. The Balaban J connectivity index is 1.35. The number of rotatable bonds is 7. The third-order valence-corrected chi connectivity index (χ3v) is 7.16.